The van der Waals surface area contributed by atoms with E-state index < -0.39 is 0 Å². The molecule has 6 nitrogen and oxygen atoms in total. The van der Waals surface area contributed by atoms with Gasteiger partial charge in [0, 0.05) is 0 Å². The Labute approximate surface area is 154 Å². The number of aromatic nitrogens is 4. The molecule has 1 amide bonds. The zero-order chi connectivity index (χ0) is 18.6. The van der Waals surface area contributed by atoms with Crippen LogP contribution in [0.25, 0.3) is 16.5 Å². The molecule has 0 aliphatic carbocycles. The lowest BCUT2D eigenvalue weighted by molar-refractivity contribution is -0.120. The van der Waals surface area contributed by atoms with E-state index >= 15 is 0 Å². The fraction of sp³-hybridized carbons (Fsp3) is 0.100. The number of fused-ring (bicyclic) bond motifs is 1. The highest BCUT2D eigenvalue weighted by Gasteiger charge is 2.12. The third-order valence-electron chi connectivity index (χ3n) is 4.26. The SMILES string of the molecule is O=C(Cc1cccc2ccccc12)NCc1nnnn1-c1cccc(F)c1. The van der Waals surface area contributed by atoms with Crippen LogP contribution < -0.4 is 5.32 Å². The standard InChI is InChI=1S/C20H16FN5O/c21-16-8-4-9-17(12-16)26-19(23-24-25-26)13-22-20(27)11-15-7-3-6-14-5-1-2-10-18(14)15/h1-10,12H,11,13H2,(H,22,27). The van der Waals surface area contributed by atoms with Gasteiger partial charge in [0.2, 0.25) is 5.91 Å². The predicted molar refractivity (Wildman–Crippen MR) is 98.6 cm³/mol. The van der Waals surface area contributed by atoms with E-state index in [4.69, 9.17) is 0 Å². The first-order chi connectivity index (χ1) is 13.2. The van der Waals surface area contributed by atoms with Gasteiger partial charge in [-0.25, -0.2) is 4.39 Å². The molecule has 1 heterocycles. The number of tetrazole rings is 1. The highest BCUT2D eigenvalue weighted by atomic mass is 19.1. The van der Waals surface area contributed by atoms with Crippen LogP contribution in [0.2, 0.25) is 0 Å². The van der Waals surface area contributed by atoms with Gasteiger partial charge in [0.15, 0.2) is 5.82 Å². The molecule has 3 aromatic carbocycles. The summed E-state index contributed by atoms with van der Waals surface area (Å²) in [7, 11) is 0. The van der Waals surface area contributed by atoms with Crippen molar-refractivity contribution in [1.82, 2.24) is 25.5 Å². The van der Waals surface area contributed by atoms with Gasteiger partial charge in [0.25, 0.3) is 0 Å². The molecule has 0 fully saturated rings. The number of hydrogen-bond acceptors (Lipinski definition) is 4. The minimum absolute atomic E-state index is 0.139. The van der Waals surface area contributed by atoms with E-state index in [1.165, 1.54) is 16.8 Å². The quantitative estimate of drug-likeness (QED) is 0.593. The average Bonchev–Trinajstić information content (AvgIpc) is 3.15. The summed E-state index contributed by atoms with van der Waals surface area (Å²) in [6.07, 6.45) is 0.253. The second-order valence-corrected chi connectivity index (χ2v) is 6.08. The van der Waals surface area contributed by atoms with Gasteiger partial charge in [-0.1, -0.05) is 48.5 Å². The van der Waals surface area contributed by atoms with Crippen LogP contribution in [0.3, 0.4) is 0 Å². The summed E-state index contributed by atoms with van der Waals surface area (Å²) in [6, 6.07) is 19.8. The number of halogens is 1. The molecule has 4 aromatic rings. The van der Waals surface area contributed by atoms with Crippen molar-refractivity contribution < 1.29 is 9.18 Å². The Balaban J connectivity index is 1.47. The van der Waals surface area contributed by atoms with Crippen LogP contribution in [0.1, 0.15) is 11.4 Å². The molecule has 134 valence electrons. The van der Waals surface area contributed by atoms with Crippen molar-refractivity contribution in [2.24, 2.45) is 0 Å². The highest BCUT2D eigenvalue weighted by Crippen LogP contribution is 2.19. The van der Waals surface area contributed by atoms with Crippen LogP contribution in [0.4, 0.5) is 4.39 Å². The predicted octanol–water partition coefficient (Wildman–Crippen LogP) is 2.81. The molecule has 1 N–H and O–H groups in total. The van der Waals surface area contributed by atoms with Crippen molar-refractivity contribution in [2.45, 2.75) is 13.0 Å². The topological polar surface area (TPSA) is 72.7 Å². The molecule has 1 aromatic heterocycles. The molecule has 0 atom stereocenters. The van der Waals surface area contributed by atoms with Gasteiger partial charge >= 0.3 is 0 Å². The number of carbonyl (C=O) groups excluding carboxylic acids is 1. The Kier molecular flexibility index (Phi) is 4.57. The van der Waals surface area contributed by atoms with Gasteiger partial charge in [-0.05, 0) is 45.0 Å². The van der Waals surface area contributed by atoms with Crippen molar-refractivity contribution in [3.63, 3.8) is 0 Å². The molecule has 0 bridgehead atoms. The molecule has 0 aliphatic heterocycles. The van der Waals surface area contributed by atoms with Crippen LogP contribution in [-0.2, 0) is 17.8 Å². The van der Waals surface area contributed by atoms with Crippen molar-refractivity contribution >= 4 is 16.7 Å². The van der Waals surface area contributed by atoms with Crippen LogP contribution in [0.15, 0.2) is 66.7 Å². The summed E-state index contributed by atoms with van der Waals surface area (Å²) in [5, 5.41) is 16.4. The Bertz CT molecular complexity index is 1100. The maximum absolute atomic E-state index is 13.4. The van der Waals surface area contributed by atoms with Crippen molar-refractivity contribution in [1.29, 1.82) is 0 Å². The van der Waals surface area contributed by atoms with E-state index in [9.17, 15) is 9.18 Å². The number of benzene rings is 3. The lowest BCUT2D eigenvalue weighted by atomic mass is 10.0. The number of carbonyl (C=O) groups is 1. The Morgan fingerprint density at radius 2 is 1.85 bits per heavy atom. The smallest absolute Gasteiger partial charge is 0.224 e. The van der Waals surface area contributed by atoms with Gasteiger partial charge in [-0.3, -0.25) is 4.79 Å². The average molecular weight is 361 g/mol. The monoisotopic (exact) mass is 361 g/mol. The van der Waals surface area contributed by atoms with Crippen molar-refractivity contribution in [3.8, 4) is 5.69 Å². The molecule has 0 radical (unpaired) electrons. The normalized spacial score (nSPS) is 10.9. The van der Waals surface area contributed by atoms with Gasteiger partial charge in [0.05, 0.1) is 18.7 Å². The second kappa shape index (κ2) is 7.33. The summed E-state index contributed by atoms with van der Waals surface area (Å²) in [5.74, 6) is -0.0963. The minimum atomic E-state index is -0.381. The van der Waals surface area contributed by atoms with Crippen LogP contribution in [-0.4, -0.2) is 26.1 Å². The van der Waals surface area contributed by atoms with E-state index in [-0.39, 0.29) is 24.7 Å². The number of hydrogen-bond donors (Lipinski definition) is 1. The number of amides is 1. The molecule has 0 spiro atoms. The first kappa shape index (κ1) is 16.8. The maximum Gasteiger partial charge on any atom is 0.224 e. The molecule has 0 saturated carbocycles. The number of nitrogens with zero attached hydrogens (tertiary/aromatic N) is 4. The molecular formula is C20H16FN5O. The van der Waals surface area contributed by atoms with E-state index in [0.717, 1.165) is 16.3 Å². The molecule has 0 saturated heterocycles. The largest absolute Gasteiger partial charge is 0.348 e. The molecule has 7 heteroatoms. The second-order valence-electron chi connectivity index (χ2n) is 6.08. The summed E-state index contributed by atoms with van der Waals surface area (Å²) in [4.78, 5) is 12.4. The number of rotatable bonds is 5. The van der Waals surface area contributed by atoms with Gasteiger partial charge in [0.1, 0.15) is 5.82 Å². The Morgan fingerprint density at radius 1 is 1.04 bits per heavy atom. The summed E-state index contributed by atoms with van der Waals surface area (Å²) >= 11 is 0. The zero-order valence-electron chi connectivity index (χ0n) is 14.3. The Hall–Kier alpha value is -3.61. The van der Waals surface area contributed by atoms with E-state index in [2.05, 4.69) is 20.8 Å². The van der Waals surface area contributed by atoms with Crippen LogP contribution in [0.5, 0.6) is 0 Å². The minimum Gasteiger partial charge on any atom is -0.348 e. The van der Waals surface area contributed by atoms with Crippen molar-refractivity contribution in [3.05, 3.63) is 83.9 Å². The van der Waals surface area contributed by atoms with Gasteiger partial charge in [-0.2, -0.15) is 4.68 Å². The van der Waals surface area contributed by atoms with E-state index in [1.54, 1.807) is 12.1 Å². The van der Waals surface area contributed by atoms with Crippen LogP contribution in [0, 0.1) is 5.82 Å². The molecular weight excluding hydrogens is 345 g/mol. The lowest BCUT2D eigenvalue weighted by Gasteiger charge is -2.08. The zero-order valence-corrected chi connectivity index (χ0v) is 14.3. The van der Waals surface area contributed by atoms with Gasteiger partial charge in [-0.15, -0.1) is 5.10 Å². The molecule has 0 unspecified atom stereocenters. The van der Waals surface area contributed by atoms with Gasteiger partial charge < -0.3 is 5.32 Å². The van der Waals surface area contributed by atoms with E-state index in [0.29, 0.717) is 11.5 Å². The molecule has 0 aliphatic rings. The highest BCUT2D eigenvalue weighted by molar-refractivity contribution is 5.90. The fourth-order valence-corrected chi connectivity index (χ4v) is 2.98. The molecule has 27 heavy (non-hydrogen) atoms. The molecule has 4 rings (SSSR count). The van der Waals surface area contributed by atoms with Crippen molar-refractivity contribution in [2.75, 3.05) is 0 Å². The first-order valence-electron chi connectivity index (χ1n) is 8.47. The summed E-state index contributed by atoms with van der Waals surface area (Å²) < 4.78 is 14.8. The summed E-state index contributed by atoms with van der Waals surface area (Å²) in [5.41, 5.74) is 1.45. The maximum atomic E-state index is 13.4. The fourth-order valence-electron chi connectivity index (χ4n) is 2.98. The summed E-state index contributed by atoms with van der Waals surface area (Å²) in [6.45, 7) is 0.146. The van der Waals surface area contributed by atoms with E-state index in [1.807, 2.05) is 42.5 Å². The first-order valence-corrected chi connectivity index (χ1v) is 8.47. The third kappa shape index (κ3) is 3.67. The third-order valence-corrected chi connectivity index (χ3v) is 4.26. The number of nitrogens with one attached hydrogen (secondary N) is 1. The van der Waals surface area contributed by atoms with Crippen LogP contribution >= 0.6 is 0 Å². The Morgan fingerprint density at radius 3 is 2.74 bits per heavy atom. The lowest BCUT2D eigenvalue weighted by Crippen LogP contribution is -2.26.